The van der Waals surface area contributed by atoms with Gasteiger partial charge in [-0.25, -0.2) is 9.59 Å². The molecule has 0 bridgehead atoms. The Hall–Kier alpha value is -2.74. The Balaban J connectivity index is 2.53. The molecule has 0 saturated heterocycles. The molecule has 0 aliphatic carbocycles. The van der Waals surface area contributed by atoms with Crippen molar-refractivity contribution in [2.24, 2.45) is 0 Å². The van der Waals surface area contributed by atoms with Gasteiger partial charge < -0.3 is 14.3 Å². The van der Waals surface area contributed by atoms with Gasteiger partial charge >= 0.3 is 11.6 Å². The van der Waals surface area contributed by atoms with E-state index in [1.54, 1.807) is 12.1 Å². The van der Waals surface area contributed by atoms with Crippen LogP contribution in [0.2, 0.25) is 0 Å². The maximum absolute atomic E-state index is 11.4. The molecule has 1 N–H and O–H groups in total. The molecule has 5 nitrogen and oxygen atoms in total. The van der Waals surface area contributed by atoms with E-state index < -0.39 is 17.2 Å². The molecular formula is C13H8O5. The molecule has 0 aliphatic heterocycles. The first kappa shape index (κ1) is 11.7. The molecule has 2 aromatic rings. The van der Waals surface area contributed by atoms with Crippen LogP contribution in [0.3, 0.4) is 0 Å². The fraction of sp³-hybridized carbons (Fsp3) is 0.0769. The molecule has 18 heavy (non-hydrogen) atoms. The second-order valence-corrected chi connectivity index (χ2v) is 3.45. The summed E-state index contributed by atoms with van der Waals surface area (Å²) in [5.41, 5.74) is -1.05. The number of rotatable bonds is 3. The lowest BCUT2D eigenvalue weighted by atomic mass is 10.2. The van der Waals surface area contributed by atoms with E-state index in [0.29, 0.717) is 11.1 Å². The van der Waals surface area contributed by atoms with E-state index in [9.17, 15) is 9.59 Å². The van der Waals surface area contributed by atoms with Crippen LogP contribution in [0, 0.1) is 12.3 Å². The zero-order valence-electron chi connectivity index (χ0n) is 9.17. The summed E-state index contributed by atoms with van der Waals surface area (Å²) in [7, 11) is 0. The smallest absolute Gasteiger partial charge is 0.351 e. The average molecular weight is 244 g/mol. The Bertz CT molecular complexity index is 705. The van der Waals surface area contributed by atoms with Crippen LogP contribution in [0.15, 0.2) is 33.5 Å². The van der Waals surface area contributed by atoms with E-state index in [1.165, 1.54) is 12.1 Å². The summed E-state index contributed by atoms with van der Waals surface area (Å²) in [6, 6.07) is 5.95. The van der Waals surface area contributed by atoms with E-state index in [4.69, 9.17) is 20.7 Å². The first-order chi connectivity index (χ1) is 8.61. The zero-order chi connectivity index (χ0) is 13.1. The second-order valence-electron chi connectivity index (χ2n) is 3.45. The molecule has 1 aromatic carbocycles. The number of aromatic carboxylic acids is 1. The highest BCUT2D eigenvalue weighted by molar-refractivity contribution is 5.91. The number of hydrogen-bond donors (Lipinski definition) is 1. The highest BCUT2D eigenvalue weighted by Crippen LogP contribution is 2.20. The zero-order valence-corrected chi connectivity index (χ0v) is 9.17. The monoisotopic (exact) mass is 244 g/mol. The number of hydrogen-bond acceptors (Lipinski definition) is 4. The van der Waals surface area contributed by atoms with Crippen LogP contribution in [0.1, 0.15) is 10.4 Å². The fourth-order valence-electron chi connectivity index (χ4n) is 1.46. The minimum absolute atomic E-state index is 0.100. The number of ether oxygens (including phenoxy) is 1. The number of carboxylic acids is 1. The molecule has 0 amide bonds. The van der Waals surface area contributed by atoms with Crippen molar-refractivity contribution < 1.29 is 19.1 Å². The van der Waals surface area contributed by atoms with Crippen LogP contribution in [0.5, 0.6) is 5.75 Å². The van der Waals surface area contributed by atoms with Gasteiger partial charge in [0.05, 0.1) is 0 Å². The minimum Gasteiger partial charge on any atom is -0.481 e. The third-order valence-corrected chi connectivity index (χ3v) is 2.26. The number of fused-ring (bicyclic) bond motifs is 1. The Labute approximate surface area is 102 Å². The highest BCUT2D eigenvalue weighted by atomic mass is 16.5. The van der Waals surface area contributed by atoms with Gasteiger partial charge in [0.25, 0.3) is 0 Å². The summed E-state index contributed by atoms with van der Waals surface area (Å²) < 4.78 is 10.1. The van der Waals surface area contributed by atoms with E-state index in [-0.39, 0.29) is 12.2 Å². The Morgan fingerprint density at radius 3 is 2.89 bits per heavy atom. The van der Waals surface area contributed by atoms with Crippen molar-refractivity contribution in [2.75, 3.05) is 6.61 Å². The molecule has 1 heterocycles. The molecule has 5 heteroatoms. The summed E-state index contributed by atoms with van der Waals surface area (Å²) >= 11 is 0. The van der Waals surface area contributed by atoms with Crippen molar-refractivity contribution >= 4 is 16.9 Å². The van der Waals surface area contributed by atoms with Crippen molar-refractivity contribution in [1.29, 1.82) is 0 Å². The fourth-order valence-corrected chi connectivity index (χ4v) is 1.46. The normalized spacial score (nSPS) is 9.94. The van der Waals surface area contributed by atoms with Crippen LogP contribution >= 0.6 is 0 Å². The van der Waals surface area contributed by atoms with Gasteiger partial charge in [0.15, 0.2) is 0 Å². The Morgan fingerprint density at radius 1 is 1.44 bits per heavy atom. The molecule has 90 valence electrons. The van der Waals surface area contributed by atoms with Crippen molar-refractivity contribution in [3.8, 4) is 18.1 Å². The number of terminal acetylenes is 1. The summed E-state index contributed by atoms with van der Waals surface area (Å²) in [5.74, 6) is 1.44. The van der Waals surface area contributed by atoms with Crippen molar-refractivity contribution in [3.05, 3.63) is 40.2 Å². The Morgan fingerprint density at radius 2 is 2.22 bits per heavy atom. The van der Waals surface area contributed by atoms with Crippen LogP contribution in [-0.4, -0.2) is 17.7 Å². The van der Waals surface area contributed by atoms with Crippen LogP contribution < -0.4 is 10.4 Å². The molecule has 0 unspecified atom stereocenters. The second kappa shape index (κ2) is 4.63. The molecule has 0 saturated carbocycles. The van der Waals surface area contributed by atoms with Gasteiger partial charge in [0.2, 0.25) is 0 Å². The standard InChI is InChI=1S/C13H8O5/c1-2-5-17-9-4-3-8-6-10(12(14)15)13(16)18-11(8)7-9/h1,3-4,6-7H,5H2,(H,14,15). The molecule has 2 rings (SSSR count). The van der Waals surface area contributed by atoms with Crippen molar-refractivity contribution in [1.82, 2.24) is 0 Å². The molecule has 0 fully saturated rings. The summed E-state index contributed by atoms with van der Waals surface area (Å²) in [5, 5.41) is 9.29. The van der Waals surface area contributed by atoms with Crippen molar-refractivity contribution in [2.45, 2.75) is 0 Å². The average Bonchev–Trinajstić information content (AvgIpc) is 2.34. The highest BCUT2D eigenvalue weighted by Gasteiger charge is 2.12. The summed E-state index contributed by atoms with van der Waals surface area (Å²) in [6.45, 7) is 0.100. The molecule has 0 atom stereocenters. The van der Waals surface area contributed by atoms with Gasteiger partial charge in [0.1, 0.15) is 23.5 Å². The lowest BCUT2D eigenvalue weighted by molar-refractivity contribution is 0.0692. The van der Waals surface area contributed by atoms with Gasteiger partial charge in [-0.1, -0.05) is 5.92 Å². The van der Waals surface area contributed by atoms with Gasteiger partial charge in [-0.15, -0.1) is 6.42 Å². The SMILES string of the molecule is C#CCOc1ccc2cc(C(=O)O)c(=O)oc2c1. The maximum Gasteiger partial charge on any atom is 0.351 e. The topological polar surface area (TPSA) is 76.7 Å². The quantitative estimate of drug-likeness (QED) is 0.654. The first-order valence-electron chi connectivity index (χ1n) is 4.99. The maximum atomic E-state index is 11.4. The molecule has 1 aromatic heterocycles. The van der Waals surface area contributed by atoms with Crippen molar-refractivity contribution in [3.63, 3.8) is 0 Å². The number of carbonyl (C=O) groups is 1. The first-order valence-corrected chi connectivity index (χ1v) is 4.99. The van der Waals surface area contributed by atoms with Crippen LogP contribution in [0.25, 0.3) is 11.0 Å². The number of carboxylic acid groups (broad SMARTS) is 1. The largest absolute Gasteiger partial charge is 0.481 e. The van der Waals surface area contributed by atoms with Gasteiger partial charge in [0, 0.05) is 11.5 Å². The van der Waals surface area contributed by atoms with E-state index in [2.05, 4.69) is 5.92 Å². The summed E-state index contributed by atoms with van der Waals surface area (Å²) in [4.78, 5) is 22.1. The van der Waals surface area contributed by atoms with E-state index in [1.807, 2.05) is 0 Å². The van der Waals surface area contributed by atoms with Crippen LogP contribution in [0.4, 0.5) is 0 Å². The molecule has 0 spiro atoms. The predicted octanol–water partition coefficient (Wildman–Crippen LogP) is 1.50. The third kappa shape index (κ3) is 2.18. The van der Waals surface area contributed by atoms with Gasteiger partial charge in [-0.05, 0) is 18.2 Å². The number of benzene rings is 1. The lowest BCUT2D eigenvalue weighted by Gasteiger charge is -2.03. The molecule has 0 radical (unpaired) electrons. The third-order valence-electron chi connectivity index (χ3n) is 2.26. The van der Waals surface area contributed by atoms with Gasteiger partial charge in [-0.2, -0.15) is 0 Å². The predicted molar refractivity (Wildman–Crippen MR) is 63.8 cm³/mol. The van der Waals surface area contributed by atoms with E-state index in [0.717, 1.165) is 0 Å². The molecular weight excluding hydrogens is 236 g/mol. The lowest BCUT2D eigenvalue weighted by Crippen LogP contribution is -2.12. The van der Waals surface area contributed by atoms with Gasteiger partial charge in [-0.3, -0.25) is 0 Å². The summed E-state index contributed by atoms with van der Waals surface area (Å²) in [6.07, 6.45) is 5.05. The Kier molecular flexibility index (Phi) is 3.02. The molecule has 0 aliphatic rings. The van der Waals surface area contributed by atoms with Crippen LogP contribution in [-0.2, 0) is 0 Å². The van der Waals surface area contributed by atoms with E-state index >= 15 is 0 Å². The minimum atomic E-state index is -1.32.